The molecule has 0 aromatic carbocycles. The average molecular weight is 434 g/mol. The lowest BCUT2D eigenvalue weighted by atomic mass is 9.88. The number of nitrogens with one attached hydrogen (secondary N) is 1. The first kappa shape index (κ1) is 16.6. The van der Waals surface area contributed by atoms with E-state index in [1.54, 1.807) is 4.90 Å². The van der Waals surface area contributed by atoms with Gasteiger partial charge in [0.2, 0.25) is 0 Å². The first-order chi connectivity index (χ1) is 12.4. The summed E-state index contributed by atoms with van der Waals surface area (Å²) < 4.78 is 0.816. The summed E-state index contributed by atoms with van der Waals surface area (Å²) in [5.41, 5.74) is 12.8. The van der Waals surface area contributed by atoms with Crippen LogP contribution in [0.2, 0.25) is 0 Å². The first-order valence-corrected chi connectivity index (χ1v) is 9.24. The van der Waals surface area contributed by atoms with Crippen LogP contribution < -0.4 is 21.7 Å². The van der Waals surface area contributed by atoms with Crippen LogP contribution >= 0.6 is 27.3 Å². The molecule has 26 heavy (non-hydrogen) atoms. The van der Waals surface area contributed by atoms with E-state index in [2.05, 4.69) is 26.2 Å². The van der Waals surface area contributed by atoms with Crippen molar-refractivity contribution in [1.29, 1.82) is 5.26 Å². The number of hydrogen-bond donors (Lipinski definition) is 3. The van der Waals surface area contributed by atoms with Gasteiger partial charge in [0.1, 0.15) is 29.2 Å². The van der Waals surface area contributed by atoms with E-state index in [0.29, 0.717) is 30.3 Å². The Hall–Kier alpha value is -2.84. The minimum Gasteiger partial charge on any atom is -0.397 e. The maximum atomic E-state index is 12.0. The van der Waals surface area contributed by atoms with Crippen LogP contribution in [0.25, 0.3) is 0 Å². The van der Waals surface area contributed by atoms with E-state index in [4.69, 9.17) is 11.5 Å². The molecule has 0 aliphatic carbocycles. The Morgan fingerprint density at radius 2 is 2.31 bits per heavy atom. The highest BCUT2D eigenvalue weighted by Crippen LogP contribution is 2.49. The number of nitrogens with two attached hydrogens (primary N) is 2. The molecule has 4 heterocycles. The standard InChI is InChI=1S/C15H12BrN7O2S/c16-6-3-8(26-5-6)9-10-11(18)7(4-17)13(19)21-14(10)22-2-1-20-15(22)12(9)23(24)25/h3,5,9,20H,1-2H2,(H4,18,19,21). The van der Waals surface area contributed by atoms with Gasteiger partial charge in [0.25, 0.3) is 5.70 Å². The van der Waals surface area contributed by atoms with E-state index < -0.39 is 10.8 Å². The van der Waals surface area contributed by atoms with Crippen molar-refractivity contribution in [3.63, 3.8) is 0 Å². The van der Waals surface area contributed by atoms with Gasteiger partial charge in [-0.3, -0.25) is 10.1 Å². The molecule has 2 aromatic heterocycles. The molecule has 4 rings (SSSR count). The molecular formula is C15H12BrN7O2S. The highest BCUT2D eigenvalue weighted by molar-refractivity contribution is 9.10. The molecule has 1 fully saturated rings. The summed E-state index contributed by atoms with van der Waals surface area (Å²) in [6.07, 6.45) is 0. The Bertz CT molecular complexity index is 1030. The second-order valence-corrected chi connectivity index (χ2v) is 7.66. The van der Waals surface area contributed by atoms with Crippen LogP contribution in [0.15, 0.2) is 27.4 Å². The van der Waals surface area contributed by atoms with Crippen LogP contribution in [0.3, 0.4) is 0 Å². The molecule has 132 valence electrons. The summed E-state index contributed by atoms with van der Waals surface area (Å²) in [5.74, 6) is 0.131. The summed E-state index contributed by atoms with van der Waals surface area (Å²) in [6.45, 7) is 1.03. The summed E-state index contributed by atoms with van der Waals surface area (Å²) in [4.78, 5) is 18.4. The van der Waals surface area contributed by atoms with E-state index in [1.807, 2.05) is 17.5 Å². The molecule has 0 saturated carbocycles. The Morgan fingerprint density at radius 3 is 2.92 bits per heavy atom. The minimum atomic E-state index is -0.742. The second kappa shape index (κ2) is 5.86. The third-order valence-corrected chi connectivity index (χ3v) is 6.18. The summed E-state index contributed by atoms with van der Waals surface area (Å²) in [6, 6.07) is 3.77. The average Bonchev–Trinajstić information content (AvgIpc) is 3.22. The van der Waals surface area contributed by atoms with Crippen molar-refractivity contribution in [3.8, 4) is 6.07 Å². The zero-order valence-electron chi connectivity index (χ0n) is 13.2. The van der Waals surface area contributed by atoms with Crippen molar-refractivity contribution in [1.82, 2.24) is 10.3 Å². The molecular weight excluding hydrogens is 422 g/mol. The van der Waals surface area contributed by atoms with Gasteiger partial charge in [0, 0.05) is 33.4 Å². The van der Waals surface area contributed by atoms with Crippen molar-refractivity contribution in [3.05, 3.63) is 53.6 Å². The quantitative estimate of drug-likeness (QED) is 0.480. The third kappa shape index (κ3) is 2.23. The SMILES string of the molecule is N#Cc1c(N)nc2c(c1N)C(c1cc(Br)cs1)C([N+](=O)[O-])=C1NCCN12. The van der Waals surface area contributed by atoms with Crippen LogP contribution in [0.4, 0.5) is 17.3 Å². The fourth-order valence-corrected chi connectivity index (χ4v) is 4.94. The molecule has 9 nitrogen and oxygen atoms in total. The van der Waals surface area contributed by atoms with Crippen molar-refractivity contribution in [2.45, 2.75) is 5.92 Å². The number of nitrogen functional groups attached to an aromatic ring is 2. The van der Waals surface area contributed by atoms with E-state index in [-0.39, 0.29) is 22.8 Å². The number of pyridine rings is 1. The number of nitriles is 1. The molecule has 1 atom stereocenters. The van der Waals surface area contributed by atoms with Crippen molar-refractivity contribution >= 4 is 44.6 Å². The molecule has 2 aromatic rings. The van der Waals surface area contributed by atoms with Crippen LogP contribution in [-0.2, 0) is 0 Å². The van der Waals surface area contributed by atoms with E-state index in [9.17, 15) is 15.4 Å². The highest BCUT2D eigenvalue weighted by Gasteiger charge is 2.46. The van der Waals surface area contributed by atoms with Gasteiger partial charge in [-0.2, -0.15) is 5.26 Å². The Kier molecular flexibility index (Phi) is 3.74. The number of fused-ring (bicyclic) bond motifs is 3. The number of halogens is 1. The maximum absolute atomic E-state index is 12.0. The van der Waals surface area contributed by atoms with Gasteiger partial charge in [-0.15, -0.1) is 11.3 Å². The van der Waals surface area contributed by atoms with E-state index in [0.717, 1.165) is 9.35 Å². The topological polar surface area (TPSA) is 147 Å². The van der Waals surface area contributed by atoms with Crippen molar-refractivity contribution < 1.29 is 4.92 Å². The van der Waals surface area contributed by atoms with Crippen LogP contribution in [0.1, 0.15) is 21.9 Å². The lowest BCUT2D eigenvalue weighted by Gasteiger charge is -2.31. The fourth-order valence-electron chi connectivity index (χ4n) is 3.39. The summed E-state index contributed by atoms with van der Waals surface area (Å²) in [7, 11) is 0. The zero-order chi connectivity index (χ0) is 18.6. The first-order valence-electron chi connectivity index (χ1n) is 7.56. The predicted molar refractivity (Wildman–Crippen MR) is 101 cm³/mol. The molecule has 1 saturated heterocycles. The normalized spacial score (nSPS) is 18.2. The number of hydrogen-bond acceptors (Lipinski definition) is 9. The number of nitro groups is 1. The molecule has 2 aliphatic rings. The number of anilines is 3. The molecule has 0 amide bonds. The molecule has 0 spiro atoms. The van der Waals surface area contributed by atoms with Gasteiger partial charge < -0.3 is 21.7 Å². The summed E-state index contributed by atoms with van der Waals surface area (Å²) in [5, 5.41) is 26.3. The number of aromatic nitrogens is 1. The Morgan fingerprint density at radius 1 is 1.54 bits per heavy atom. The lowest BCUT2D eigenvalue weighted by Crippen LogP contribution is -2.33. The van der Waals surface area contributed by atoms with Crippen LogP contribution in [0.5, 0.6) is 0 Å². The predicted octanol–water partition coefficient (Wildman–Crippen LogP) is 1.94. The molecule has 0 radical (unpaired) electrons. The van der Waals surface area contributed by atoms with Crippen molar-refractivity contribution in [2.75, 3.05) is 29.5 Å². The third-order valence-electron chi connectivity index (χ3n) is 4.42. The van der Waals surface area contributed by atoms with Gasteiger partial charge in [0.05, 0.1) is 10.6 Å². The highest BCUT2D eigenvalue weighted by atomic mass is 79.9. The Balaban J connectivity index is 2.09. The van der Waals surface area contributed by atoms with Gasteiger partial charge in [-0.25, -0.2) is 4.98 Å². The molecule has 1 unspecified atom stereocenters. The smallest absolute Gasteiger partial charge is 0.299 e. The zero-order valence-corrected chi connectivity index (χ0v) is 15.6. The van der Waals surface area contributed by atoms with Gasteiger partial charge in [-0.1, -0.05) is 0 Å². The van der Waals surface area contributed by atoms with Crippen molar-refractivity contribution in [2.24, 2.45) is 0 Å². The van der Waals surface area contributed by atoms with Gasteiger partial charge in [-0.05, 0) is 22.0 Å². The lowest BCUT2D eigenvalue weighted by molar-refractivity contribution is -0.430. The monoisotopic (exact) mass is 433 g/mol. The van der Waals surface area contributed by atoms with Gasteiger partial charge in [0.15, 0.2) is 5.82 Å². The van der Waals surface area contributed by atoms with E-state index >= 15 is 0 Å². The molecule has 2 aliphatic heterocycles. The van der Waals surface area contributed by atoms with Crippen LogP contribution in [-0.4, -0.2) is 23.0 Å². The number of allylic oxidation sites excluding steroid dienone is 1. The minimum absolute atomic E-state index is 0.00786. The fraction of sp³-hybridized carbons (Fsp3) is 0.200. The Labute approximate surface area is 160 Å². The molecule has 11 heteroatoms. The molecule has 5 N–H and O–H groups in total. The second-order valence-electron chi connectivity index (χ2n) is 5.80. The number of rotatable bonds is 2. The number of thiophene rings is 1. The largest absolute Gasteiger partial charge is 0.397 e. The molecule has 0 bridgehead atoms. The van der Waals surface area contributed by atoms with Crippen LogP contribution in [0, 0.1) is 21.4 Å². The maximum Gasteiger partial charge on any atom is 0.299 e. The number of nitrogens with zero attached hydrogens (tertiary/aromatic N) is 4. The van der Waals surface area contributed by atoms with E-state index in [1.165, 1.54) is 11.3 Å². The van der Waals surface area contributed by atoms with Gasteiger partial charge >= 0.3 is 0 Å². The summed E-state index contributed by atoms with van der Waals surface area (Å²) >= 11 is 4.76.